The third kappa shape index (κ3) is 3.88. The van der Waals surface area contributed by atoms with E-state index in [1.807, 2.05) is 0 Å². The number of hydrogen-bond donors (Lipinski definition) is 1. The van der Waals surface area contributed by atoms with E-state index in [0.29, 0.717) is 17.1 Å². The fourth-order valence-corrected chi connectivity index (χ4v) is 3.10. The second-order valence-corrected chi connectivity index (χ2v) is 5.91. The molecule has 24 heavy (non-hydrogen) atoms. The Morgan fingerprint density at radius 2 is 2.04 bits per heavy atom. The number of hydrogen-bond acceptors (Lipinski definition) is 6. The molecule has 128 valence electrons. The summed E-state index contributed by atoms with van der Waals surface area (Å²) in [4.78, 5) is 36.2. The summed E-state index contributed by atoms with van der Waals surface area (Å²) in [6, 6.07) is 5.23. The van der Waals surface area contributed by atoms with Crippen molar-refractivity contribution in [3.05, 3.63) is 28.7 Å². The summed E-state index contributed by atoms with van der Waals surface area (Å²) in [6.45, 7) is 0.0869. The average molecular weight is 351 g/mol. The Morgan fingerprint density at radius 3 is 2.67 bits per heavy atom. The zero-order valence-corrected chi connectivity index (χ0v) is 14.1. The number of carboxylic acid groups (broad SMARTS) is 1. The molecule has 0 atom stereocenters. The van der Waals surface area contributed by atoms with Crippen molar-refractivity contribution in [2.75, 3.05) is 20.8 Å². The van der Waals surface area contributed by atoms with Gasteiger partial charge >= 0.3 is 5.97 Å². The van der Waals surface area contributed by atoms with Gasteiger partial charge in [0.1, 0.15) is 0 Å². The number of benzene rings is 1. The molecule has 1 fully saturated rings. The summed E-state index contributed by atoms with van der Waals surface area (Å²) in [5, 5.41) is 8.24. The van der Waals surface area contributed by atoms with Crippen molar-refractivity contribution >= 4 is 35.0 Å². The van der Waals surface area contributed by atoms with Crippen LogP contribution in [0.4, 0.5) is 4.79 Å². The zero-order valence-electron chi connectivity index (χ0n) is 13.3. The van der Waals surface area contributed by atoms with Crippen molar-refractivity contribution in [2.45, 2.75) is 12.8 Å². The molecule has 0 unspecified atom stereocenters. The van der Waals surface area contributed by atoms with Gasteiger partial charge in [0.25, 0.3) is 11.1 Å². The molecule has 0 radical (unpaired) electrons. The van der Waals surface area contributed by atoms with Crippen LogP contribution in [-0.4, -0.2) is 47.9 Å². The van der Waals surface area contributed by atoms with Crippen molar-refractivity contribution in [1.29, 1.82) is 0 Å². The number of carbonyl (C=O) groups excluding carboxylic acids is 2. The van der Waals surface area contributed by atoms with E-state index in [9.17, 15) is 14.4 Å². The van der Waals surface area contributed by atoms with E-state index in [4.69, 9.17) is 14.6 Å². The highest BCUT2D eigenvalue weighted by Crippen LogP contribution is 2.37. The number of thioether (sulfide) groups is 1. The second-order valence-electron chi connectivity index (χ2n) is 4.91. The summed E-state index contributed by atoms with van der Waals surface area (Å²) >= 11 is 0.823. The number of imide groups is 1. The van der Waals surface area contributed by atoms with Crippen LogP contribution in [0.3, 0.4) is 0 Å². The van der Waals surface area contributed by atoms with Crippen molar-refractivity contribution in [3.8, 4) is 11.5 Å². The molecule has 2 amide bonds. The lowest BCUT2D eigenvalue weighted by atomic mass is 10.1. The minimum absolute atomic E-state index is 0.0869. The quantitative estimate of drug-likeness (QED) is 0.755. The molecule has 8 heteroatoms. The van der Waals surface area contributed by atoms with Gasteiger partial charge in [-0.2, -0.15) is 0 Å². The van der Waals surface area contributed by atoms with E-state index in [-0.39, 0.29) is 24.3 Å². The third-order valence-corrected chi connectivity index (χ3v) is 4.27. The highest BCUT2D eigenvalue weighted by atomic mass is 32.2. The standard InChI is InChI=1S/C16H17NO6S/c1-22-11-6-3-5-10(14(11)23-2)9-12-15(20)17(16(21)24-12)8-4-7-13(18)19/h3,5-6,9H,4,7-8H2,1-2H3,(H,18,19). The molecule has 2 rings (SSSR count). The maximum absolute atomic E-state index is 12.3. The molecule has 0 saturated carbocycles. The van der Waals surface area contributed by atoms with Crippen LogP contribution in [0.15, 0.2) is 23.1 Å². The van der Waals surface area contributed by atoms with E-state index in [2.05, 4.69) is 0 Å². The zero-order chi connectivity index (χ0) is 17.7. The van der Waals surface area contributed by atoms with Crippen molar-refractivity contribution in [3.63, 3.8) is 0 Å². The molecule has 1 aromatic rings. The summed E-state index contributed by atoms with van der Waals surface area (Å²) in [6.07, 6.45) is 1.71. The summed E-state index contributed by atoms with van der Waals surface area (Å²) < 4.78 is 10.5. The maximum atomic E-state index is 12.3. The average Bonchev–Trinajstić information content (AvgIpc) is 2.81. The number of methoxy groups -OCH3 is 2. The lowest BCUT2D eigenvalue weighted by Gasteiger charge is -2.11. The molecule has 0 aliphatic carbocycles. The number of nitrogens with zero attached hydrogens (tertiary/aromatic N) is 1. The predicted octanol–water partition coefficient (Wildman–Crippen LogP) is 2.60. The second kappa shape index (κ2) is 7.87. The number of aliphatic carboxylic acids is 1. The number of carboxylic acids is 1. The van der Waals surface area contributed by atoms with Crippen LogP contribution in [0.25, 0.3) is 6.08 Å². The van der Waals surface area contributed by atoms with E-state index in [0.717, 1.165) is 16.7 Å². The van der Waals surface area contributed by atoms with Crippen molar-refractivity contribution in [1.82, 2.24) is 4.90 Å². The minimum Gasteiger partial charge on any atom is -0.493 e. The number of amides is 2. The van der Waals surface area contributed by atoms with Gasteiger partial charge in [-0.15, -0.1) is 0 Å². The fourth-order valence-electron chi connectivity index (χ4n) is 2.25. The minimum atomic E-state index is -0.960. The molecule has 0 aromatic heterocycles. The smallest absolute Gasteiger partial charge is 0.303 e. The molecule has 7 nitrogen and oxygen atoms in total. The normalized spacial score (nSPS) is 15.9. The highest BCUT2D eigenvalue weighted by Gasteiger charge is 2.34. The molecule has 0 spiro atoms. The van der Waals surface area contributed by atoms with Gasteiger partial charge in [0, 0.05) is 18.5 Å². The topological polar surface area (TPSA) is 93.1 Å². The third-order valence-electron chi connectivity index (χ3n) is 3.37. The predicted molar refractivity (Wildman–Crippen MR) is 89.1 cm³/mol. The molecular formula is C16H17NO6S. The van der Waals surface area contributed by atoms with Gasteiger partial charge in [-0.3, -0.25) is 19.3 Å². The monoisotopic (exact) mass is 351 g/mol. The molecule has 0 bridgehead atoms. The molecule has 1 aliphatic heterocycles. The Kier molecular flexibility index (Phi) is 5.86. The van der Waals surface area contributed by atoms with E-state index < -0.39 is 17.1 Å². The molecule has 1 heterocycles. The molecule has 1 N–H and O–H groups in total. The van der Waals surface area contributed by atoms with Gasteiger partial charge in [-0.25, -0.2) is 0 Å². The number of ether oxygens (including phenoxy) is 2. The number of rotatable bonds is 7. The Morgan fingerprint density at radius 1 is 1.29 bits per heavy atom. The first-order chi connectivity index (χ1) is 11.5. The SMILES string of the molecule is COc1cccc(C=C2SC(=O)N(CCCC(=O)O)C2=O)c1OC. The van der Waals surface area contributed by atoms with Gasteiger partial charge < -0.3 is 14.6 Å². The number of carbonyl (C=O) groups is 3. The lowest BCUT2D eigenvalue weighted by Crippen LogP contribution is -2.29. The van der Waals surface area contributed by atoms with Gasteiger partial charge in [-0.05, 0) is 30.3 Å². The van der Waals surface area contributed by atoms with Crippen LogP contribution < -0.4 is 9.47 Å². The first kappa shape index (κ1) is 17.9. The van der Waals surface area contributed by atoms with Crippen molar-refractivity contribution < 1.29 is 29.0 Å². The Bertz CT molecular complexity index is 700. The first-order valence-electron chi connectivity index (χ1n) is 7.16. The first-order valence-corrected chi connectivity index (χ1v) is 7.97. The van der Waals surface area contributed by atoms with Crippen LogP contribution in [0.2, 0.25) is 0 Å². The summed E-state index contributed by atoms with van der Waals surface area (Å²) in [7, 11) is 3.00. The summed E-state index contributed by atoms with van der Waals surface area (Å²) in [5.41, 5.74) is 0.618. The van der Waals surface area contributed by atoms with Crippen LogP contribution in [0, 0.1) is 0 Å². The largest absolute Gasteiger partial charge is 0.493 e. The molecule has 1 saturated heterocycles. The van der Waals surface area contributed by atoms with Gasteiger partial charge in [0.05, 0.1) is 19.1 Å². The van der Waals surface area contributed by atoms with E-state index >= 15 is 0 Å². The maximum Gasteiger partial charge on any atom is 0.303 e. The Balaban J connectivity index is 2.21. The fraction of sp³-hybridized carbons (Fsp3) is 0.312. The van der Waals surface area contributed by atoms with Crippen LogP contribution >= 0.6 is 11.8 Å². The Hall–Kier alpha value is -2.48. The van der Waals surface area contributed by atoms with E-state index in [1.54, 1.807) is 24.3 Å². The number of para-hydroxylation sites is 1. The molecule has 1 aliphatic rings. The lowest BCUT2D eigenvalue weighted by molar-refractivity contribution is -0.137. The highest BCUT2D eigenvalue weighted by molar-refractivity contribution is 8.18. The van der Waals surface area contributed by atoms with Gasteiger partial charge in [0.15, 0.2) is 11.5 Å². The van der Waals surface area contributed by atoms with Crippen LogP contribution in [0.1, 0.15) is 18.4 Å². The Labute approximate surface area is 143 Å². The van der Waals surface area contributed by atoms with Crippen molar-refractivity contribution in [2.24, 2.45) is 0 Å². The molecular weight excluding hydrogens is 334 g/mol. The molecule has 1 aromatic carbocycles. The van der Waals surface area contributed by atoms with Gasteiger partial charge in [-0.1, -0.05) is 12.1 Å². The van der Waals surface area contributed by atoms with Gasteiger partial charge in [0.2, 0.25) is 0 Å². The summed E-state index contributed by atoms with van der Waals surface area (Å²) in [5.74, 6) is -0.400. The van der Waals surface area contributed by atoms with Crippen LogP contribution in [0.5, 0.6) is 11.5 Å². The van der Waals surface area contributed by atoms with Crippen LogP contribution in [-0.2, 0) is 9.59 Å². The van der Waals surface area contributed by atoms with E-state index in [1.165, 1.54) is 14.2 Å².